The van der Waals surface area contributed by atoms with Crippen LogP contribution in [-0.2, 0) is 9.47 Å². The van der Waals surface area contributed by atoms with Crippen molar-refractivity contribution in [1.29, 1.82) is 5.41 Å². The minimum absolute atomic E-state index is 0.0125. The van der Waals surface area contributed by atoms with Crippen molar-refractivity contribution >= 4 is 17.4 Å². The quantitative estimate of drug-likeness (QED) is 0.416. The van der Waals surface area contributed by atoms with E-state index in [2.05, 4.69) is 26.1 Å². The number of hydrogen-bond acceptors (Lipinski definition) is 4. The molecule has 0 aromatic rings. The van der Waals surface area contributed by atoms with Gasteiger partial charge >= 0.3 is 0 Å². The van der Waals surface area contributed by atoms with Crippen molar-refractivity contribution in [2.75, 3.05) is 14.2 Å². The zero-order valence-electron chi connectivity index (χ0n) is 10.2. The van der Waals surface area contributed by atoms with E-state index >= 15 is 0 Å². The predicted octanol–water partition coefficient (Wildman–Crippen LogP) is 3.49. The van der Waals surface area contributed by atoms with Crippen molar-refractivity contribution in [3.05, 3.63) is 0 Å². The number of unbranched alkanes of at least 4 members (excludes halogenated alkanes) is 1. The van der Waals surface area contributed by atoms with E-state index in [4.69, 9.17) is 14.9 Å². The van der Waals surface area contributed by atoms with Gasteiger partial charge in [-0.2, -0.15) is 0 Å². The third-order valence-corrected chi connectivity index (χ3v) is 2.30. The normalized spacial score (nSPS) is 11.5. The van der Waals surface area contributed by atoms with Crippen molar-refractivity contribution in [1.82, 2.24) is 0 Å². The second kappa shape index (κ2) is 13.7. The van der Waals surface area contributed by atoms with E-state index < -0.39 is 0 Å². The fourth-order valence-electron chi connectivity index (χ4n) is 1.48. The highest BCUT2D eigenvalue weighted by molar-refractivity contribution is 7.78. The van der Waals surface area contributed by atoms with Crippen molar-refractivity contribution in [3.8, 4) is 0 Å². The molecular formula is C11H23NO2S. The number of rotatable bonds is 7. The summed E-state index contributed by atoms with van der Waals surface area (Å²) >= 11 is 3.81. The van der Waals surface area contributed by atoms with Crippen LogP contribution in [0.5, 0.6) is 0 Å². The summed E-state index contributed by atoms with van der Waals surface area (Å²) in [6, 6.07) is 0. The van der Waals surface area contributed by atoms with Gasteiger partial charge in [-0.05, 0) is 25.1 Å². The summed E-state index contributed by atoms with van der Waals surface area (Å²) in [4.78, 5) is 0. The van der Waals surface area contributed by atoms with Crippen LogP contribution < -0.4 is 0 Å². The molecule has 0 heterocycles. The third-order valence-electron chi connectivity index (χ3n) is 2.30. The molecule has 0 radical (unpaired) electrons. The average Bonchev–Trinajstić information content (AvgIpc) is 2.25. The van der Waals surface area contributed by atoms with Gasteiger partial charge in [0, 0.05) is 20.1 Å². The molecule has 4 heteroatoms. The minimum atomic E-state index is -0.0125. The first kappa shape index (κ1) is 17.1. The first-order valence-electron chi connectivity index (χ1n) is 5.31. The molecule has 0 amide bonds. The number of nitrogens with one attached hydrogen (secondary N) is 1. The molecule has 0 fully saturated rings. The van der Waals surface area contributed by atoms with Gasteiger partial charge in [0.05, 0.1) is 5.16 Å². The van der Waals surface area contributed by atoms with Crippen molar-refractivity contribution < 1.29 is 9.47 Å². The van der Waals surface area contributed by atoms with Gasteiger partial charge in [0.15, 0.2) is 6.29 Å². The molecule has 1 atom stereocenters. The molecule has 0 rings (SSSR count). The molecule has 0 saturated carbocycles. The Morgan fingerprint density at radius 1 is 1.27 bits per heavy atom. The first-order chi connectivity index (χ1) is 7.21. The summed E-state index contributed by atoms with van der Waals surface area (Å²) in [5.74, 6) is 0.556. The molecule has 0 aromatic carbocycles. The van der Waals surface area contributed by atoms with Crippen LogP contribution in [0, 0.1) is 11.3 Å². The van der Waals surface area contributed by atoms with E-state index in [1.165, 1.54) is 19.3 Å². The Kier molecular flexibility index (Phi) is 15.7. The number of hydrogen-bond donors (Lipinski definition) is 1. The first-order valence-corrected chi connectivity index (χ1v) is 5.71. The van der Waals surface area contributed by atoms with Gasteiger partial charge in [0.1, 0.15) is 0 Å². The summed E-state index contributed by atoms with van der Waals surface area (Å²) in [6.07, 6.45) is 4.84. The molecular weight excluding hydrogens is 210 g/mol. The zero-order chi connectivity index (χ0) is 12.1. The molecule has 3 nitrogen and oxygen atoms in total. The van der Waals surface area contributed by atoms with Crippen LogP contribution in [0.3, 0.4) is 0 Å². The van der Waals surface area contributed by atoms with E-state index in [0.29, 0.717) is 5.92 Å². The van der Waals surface area contributed by atoms with Gasteiger partial charge in [-0.1, -0.05) is 26.7 Å². The Morgan fingerprint density at radius 3 is 2.00 bits per heavy atom. The van der Waals surface area contributed by atoms with Crippen LogP contribution in [0.2, 0.25) is 0 Å². The minimum Gasteiger partial charge on any atom is -0.356 e. The van der Waals surface area contributed by atoms with Gasteiger partial charge in [-0.25, -0.2) is 5.41 Å². The fraction of sp³-hybridized carbons (Fsp3) is 0.909. The van der Waals surface area contributed by atoms with Gasteiger partial charge < -0.3 is 9.47 Å². The number of methoxy groups -OCH3 is 2. The maximum Gasteiger partial charge on any atom is 0.159 e. The molecule has 15 heavy (non-hydrogen) atoms. The largest absolute Gasteiger partial charge is 0.356 e. The summed E-state index contributed by atoms with van der Waals surface area (Å²) in [6.45, 7) is 4.40. The molecule has 0 bridgehead atoms. The predicted molar refractivity (Wildman–Crippen MR) is 66.4 cm³/mol. The van der Waals surface area contributed by atoms with Crippen LogP contribution in [0.4, 0.5) is 0 Å². The van der Waals surface area contributed by atoms with E-state index in [-0.39, 0.29) is 6.29 Å². The summed E-state index contributed by atoms with van der Waals surface area (Å²) in [5, 5.41) is 7.36. The molecule has 0 aliphatic heterocycles. The molecule has 0 aliphatic rings. The topological polar surface area (TPSA) is 42.3 Å². The Bertz CT molecular complexity index is 155. The lowest BCUT2D eigenvalue weighted by molar-refractivity contribution is -0.139. The summed E-state index contributed by atoms with van der Waals surface area (Å²) in [7, 11) is 3.42. The molecule has 0 aliphatic carbocycles. The maximum atomic E-state index is 5.77. The summed E-state index contributed by atoms with van der Waals surface area (Å²) in [5.41, 5.74) is 0. The van der Waals surface area contributed by atoms with Crippen LogP contribution in [0.1, 0.15) is 39.5 Å². The number of ether oxygens (including phenoxy) is 2. The van der Waals surface area contributed by atoms with Gasteiger partial charge in [0.25, 0.3) is 0 Å². The third kappa shape index (κ3) is 10.0. The molecule has 90 valence electrons. The van der Waals surface area contributed by atoms with E-state index in [0.717, 1.165) is 6.42 Å². The SMILES string of the molecule is CCCCC(CC)C(OC)OC.N=C=S. The molecule has 0 saturated heterocycles. The van der Waals surface area contributed by atoms with Crippen LogP contribution in [0.25, 0.3) is 0 Å². The zero-order valence-corrected chi connectivity index (χ0v) is 11.0. The maximum absolute atomic E-state index is 5.77. The molecule has 0 spiro atoms. The smallest absolute Gasteiger partial charge is 0.159 e. The second-order valence-electron chi connectivity index (χ2n) is 3.25. The van der Waals surface area contributed by atoms with Gasteiger partial charge in [-0.3, -0.25) is 0 Å². The Morgan fingerprint density at radius 2 is 1.73 bits per heavy atom. The van der Waals surface area contributed by atoms with E-state index in [1.807, 2.05) is 0 Å². The van der Waals surface area contributed by atoms with E-state index in [9.17, 15) is 0 Å². The van der Waals surface area contributed by atoms with Gasteiger partial charge in [0.2, 0.25) is 0 Å². The Labute approximate surface area is 98.7 Å². The van der Waals surface area contributed by atoms with Crippen LogP contribution in [0.15, 0.2) is 0 Å². The fourth-order valence-corrected chi connectivity index (χ4v) is 1.48. The average molecular weight is 233 g/mol. The van der Waals surface area contributed by atoms with Gasteiger partial charge in [-0.15, -0.1) is 0 Å². The second-order valence-corrected chi connectivity index (χ2v) is 3.46. The summed E-state index contributed by atoms with van der Waals surface area (Å²) < 4.78 is 10.5. The molecule has 0 aromatic heterocycles. The number of thiocarbonyl (C=S) groups is 1. The standard InChI is InChI=1S/C10H22O2.CHNS/c1-5-7-8-9(6-2)10(11-3)12-4;2-1-3/h9-10H,5-8H2,1-4H3;2H. The highest BCUT2D eigenvalue weighted by Crippen LogP contribution is 2.19. The van der Waals surface area contributed by atoms with Crippen molar-refractivity contribution in [2.45, 2.75) is 45.8 Å². The van der Waals surface area contributed by atoms with Crippen LogP contribution in [-0.4, -0.2) is 25.7 Å². The Balaban J connectivity index is 0. The lowest BCUT2D eigenvalue weighted by Crippen LogP contribution is -2.24. The monoisotopic (exact) mass is 233 g/mol. The Hall–Kier alpha value is -0.280. The lowest BCUT2D eigenvalue weighted by atomic mass is 9.99. The van der Waals surface area contributed by atoms with Crippen molar-refractivity contribution in [3.63, 3.8) is 0 Å². The molecule has 1 unspecified atom stereocenters. The van der Waals surface area contributed by atoms with Crippen molar-refractivity contribution in [2.24, 2.45) is 5.92 Å². The lowest BCUT2D eigenvalue weighted by Gasteiger charge is -2.23. The van der Waals surface area contributed by atoms with Crippen LogP contribution >= 0.6 is 12.2 Å². The highest BCUT2D eigenvalue weighted by Gasteiger charge is 2.17. The highest BCUT2D eigenvalue weighted by atomic mass is 32.1. The number of isothiocyanates is 1. The molecule has 1 N–H and O–H groups in total. The van der Waals surface area contributed by atoms with E-state index in [1.54, 1.807) is 19.4 Å².